The van der Waals surface area contributed by atoms with Gasteiger partial charge in [0.2, 0.25) is 0 Å². The number of carbonyl (C=O) groups is 2. The van der Waals surface area contributed by atoms with E-state index in [2.05, 4.69) is 0 Å². The molecule has 0 unspecified atom stereocenters. The van der Waals surface area contributed by atoms with Gasteiger partial charge in [0.25, 0.3) is 11.8 Å². The summed E-state index contributed by atoms with van der Waals surface area (Å²) in [4.78, 5) is 29.5. The van der Waals surface area contributed by atoms with Crippen LogP contribution in [-0.4, -0.2) is 36.1 Å². The van der Waals surface area contributed by atoms with Crippen molar-refractivity contribution >= 4 is 29.3 Å². The van der Waals surface area contributed by atoms with Gasteiger partial charge in [0.15, 0.2) is 4.87 Å². The molecule has 9 heteroatoms. The van der Waals surface area contributed by atoms with Gasteiger partial charge in [-0.25, -0.2) is 0 Å². The number of thioether (sulfide) groups is 1. The second-order valence-corrected chi connectivity index (χ2v) is 10.1. The molecule has 186 valence electrons. The average molecular weight is 513 g/mol. The lowest BCUT2D eigenvalue weighted by Gasteiger charge is -2.33. The van der Waals surface area contributed by atoms with Crippen LogP contribution >= 0.6 is 11.8 Å². The molecule has 1 saturated heterocycles. The van der Waals surface area contributed by atoms with Crippen LogP contribution in [0.2, 0.25) is 0 Å². The Morgan fingerprint density at radius 3 is 2.53 bits per heavy atom. The quantitative estimate of drug-likeness (QED) is 0.456. The van der Waals surface area contributed by atoms with Crippen LogP contribution in [0.5, 0.6) is 5.75 Å². The Kier molecular flexibility index (Phi) is 5.98. The van der Waals surface area contributed by atoms with Crippen molar-refractivity contribution in [2.75, 3.05) is 24.3 Å². The van der Waals surface area contributed by atoms with Crippen LogP contribution in [0.4, 0.5) is 18.9 Å². The minimum atomic E-state index is -4.49. The van der Waals surface area contributed by atoms with Crippen LogP contribution < -0.4 is 9.64 Å². The van der Waals surface area contributed by atoms with E-state index in [1.807, 2.05) is 19.1 Å². The molecule has 1 atom stereocenters. The van der Waals surface area contributed by atoms with Gasteiger partial charge in [-0.2, -0.15) is 13.2 Å². The molecule has 3 aromatic carbocycles. The predicted molar refractivity (Wildman–Crippen MR) is 132 cm³/mol. The highest BCUT2D eigenvalue weighted by Gasteiger charge is 2.59. The molecule has 5 nitrogen and oxygen atoms in total. The van der Waals surface area contributed by atoms with Crippen molar-refractivity contribution in [3.8, 4) is 5.75 Å². The van der Waals surface area contributed by atoms with Gasteiger partial charge < -0.3 is 14.5 Å². The number of ether oxygens (including phenoxy) is 1. The Balaban J connectivity index is 1.58. The topological polar surface area (TPSA) is 49.9 Å². The highest BCUT2D eigenvalue weighted by molar-refractivity contribution is 8.01. The zero-order valence-corrected chi connectivity index (χ0v) is 20.4. The first kappa shape index (κ1) is 24.2. The summed E-state index contributed by atoms with van der Waals surface area (Å²) in [7, 11) is 1.52. The molecule has 3 aromatic rings. The van der Waals surface area contributed by atoms with E-state index in [1.54, 1.807) is 41.3 Å². The van der Waals surface area contributed by atoms with E-state index < -0.39 is 16.6 Å². The fourth-order valence-corrected chi connectivity index (χ4v) is 6.21. The summed E-state index contributed by atoms with van der Waals surface area (Å²) in [6.45, 7) is 2.23. The van der Waals surface area contributed by atoms with Gasteiger partial charge in [-0.1, -0.05) is 29.8 Å². The van der Waals surface area contributed by atoms with E-state index >= 15 is 0 Å². The van der Waals surface area contributed by atoms with E-state index in [0.717, 1.165) is 17.7 Å². The number of fused-ring (bicyclic) bond motifs is 2. The van der Waals surface area contributed by atoms with E-state index in [0.29, 0.717) is 40.4 Å². The van der Waals surface area contributed by atoms with Gasteiger partial charge in [0.05, 0.1) is 24.9 Å². The molecule has 0 radical (unpaired) electrons. The minimum absolute atomic E-state index is 0.0586. The van der Waals surface area contributed by atoms with Gasteiger partial charge in [-0.05, 0) is 55.0 Å². The number of benzene rings is 3. The summed E-state index contributed by atoms with van der Waals surface area (Å²) in [5.74, 6) is 0.434. The predicted octanol–water partition coefficient (Wildman–Crippen LogP) is 5.61. The molecule has 2 aliphatic heterocycles. The number of alkyl halides is 3. The summed E-state index contributed by atoms with van der Waals surface area (Å²) in [6, 6.07) is 17.3. The Morgan fingerprint density at radius 1 is 1.08 bits per heavy atom. The molecule has 0 N–H and O–H groups in total. The van der Waals surface area contributed by atoms with E-state index in [-0.39, 0.29) is 18.4 Å². The Morgan fingerprint density at radius 2 is 1.83 bits per heavy atom. The maximum absolute atomic E-state index is 14.1. The molecule has 0 saturated carbocycles. The number of carbonyl (C=O) groups excluding carboxylic acids is 2. The maximum atomic E-state index is 14.1. The third-order valence-corrected chi connectivity index (χ3v) is 7.96. The molecule has 2 amide bonds. The number of aryl methyl sites for hydroxylation is 1. The molecule has 2 aliphatic rings. The first-order valence-electron chi connectivity index (χ1n) is 11.3. The van der Waals surface area contributed by atoms with Crippen LogP contribution in [0.15, 0.2) is 66.7 Å². The zero-order valence-electron chi connectivity index (χ0n) is 19.6. The SMILES string of the molecule is COc1ccc2c(c1)[C@]1(SCCN1C(=O)c1ccc(C)cc1)C(=O)N2Cc1cccc(C(F)(F)F)c1. The van der Waals surface area contributed by atoms with Gasteiger partial charge in [-0.15, -0.1) is 11.8 Å². The normalized spacial score (nSPS) is 19.2. The number of amides is 2. The Bertz CT molecular complexity index is 1340. The number of nitrogens with zero attached hydrogens (tertiary/aromatic N) is 2. The largest absolute Gasteiger partial charge is 0.497 e. The molecule has 0 aromatic heterocycles. The second kappa shape index (κ2) is 8.89. The molecule has 36 heavy (non-hydrogen) atoms. The summed E-state index contributed by atoms with van der Waals surface area (Å²) in [5.41, 5.74) is 2.20. The van der Waals surface area contributed by atoms with E-state index in [9.17, 15) is 22.8 Å². The monoisotopic (exact) mass is 512 g/mol. The average Bonchev–Trinajstić information content (AvgIpc) is 3.40. The van der Waals surface area contributed by atoms with Crippen LogP contribution in [0.1, 0.15) is 32.6 Å². The third kappa shape index (κ3) is 3.91. The fourth-order valence-electron chi connectivity index (χ4n) is 4.76. The number of rotatable bonds is 4. The lowest BCUT2D eigenvalue weighted by molar-refractivity contribution is -0.137. The number of methoxy groups -OCH3 is 1. The number of anilines is 1. The first-order valence-corrected chi connectivity index (χ1v) is 12.3. The second-order valence-electron chi connectivity index (χ2n) is 8.79. The van der Waals surface area contributed by atoms with Gasteiger partial charge in [0.1, 0.15) is 5.75 Å². The molecule has 1 spiro atoms. The molecule has 0 aliphatic carbocycles. The number of hydrogen-bond acceptors (Lipinski definition) is 4. The van der Waals surface area contributed by atoms with Gasteiger partial charge in [0, 0.05) is 23.4 Å². The summed E-state index contributed by atoms with van der Waals surface area (Å²) in [5, 5.41) is 0. The maximum Gasteiger partial charge on any atom is 0.416 e. The smallest absolute Gasteiger partial charge is 0.416 e. The van der Waals surface area contributed by atoms with Gasteiger partial charge >= 0.3 is 6.18 Å². The van der Waals surface area contributed by atoms with Crippen LogP contribution in [0.3, 0.4) is 0 Å². The van der Waals surface area contributed by atoms with Crippen molar-refractivity contribution in [2.45, 2.75) is 24.5 Å². The van der Waals surface area contributed by atoms with Gasteiger partial charge in [-0.3, -0.25) is 9.59 Å². The standard InChI is InChI=1S/C27H23F3N2O3S/c1-17-6-8-19(9-7-17)24(33)32-12-13-36-26(32)22-15-21(35-2)10-11-23(22)31(25(26)34)16-18-4-3-5-20(14-18)27(28,29)30/h3-11,14-15H,12-13,16H2,1-2H3/t26-/m0/s1. The molecule has 5 rings (SSSR count). The lowest BCUT2D eigenvalue weighted by Crippen LogP contribution is -2.50. The molecular formula is C27H23F3N2O3S. The van der Waals surface area contributed by atoms with Crippen molar-refractivity contribution in [1.29, 1.82) is 0 Å². The fraction of sp³-hybridized carbons (Fsp3) is 0.259. The summed E-state index contributed by atoms with van der Waals surface area (Å²) < 4.78 is 45.3. The van der Waals surface area contributed by atoms with E-state index in [1.165, 1.54) is 29.8 Å². The Labute approximate surface area is 210 Å². The summed E-state index contributed by atoms with van der Waals surface area (Å²) in [6.07, 6.45) is -4.49. The Hall–Kier alpha value is -3.46. The van der Waals surface area contributed by atoms with E-state index in [4.69, 9.17) is 4.74 Å². The van der Waals surface area contributed by atoms with Crippen molar-refractivity contribution in [3.05, 3.63) is 94.5 Å². The molecule has 1 fully saturated rings. The van der Waals surface area contributed by atoms with Crippen LogP contribution in [-0.2, 0) is 22.4 Å². The molecule has 2 heterocycles. The van der Waals surface area contributed by atoms with Crippen molar-refractivity contribution in [2.24, 2.45) is 0 Å². The summed E-state index contributed by atoms with van der Waals surface area (Å²) >= 11 is 1.36. The molecule has 0 bridgehead atoms. The highest BCUT2D eigenvalue weighted by Crippen LogP contribution is 2.55. The minimum Gasteiger partial charge on any atom is -0.497 e. The lowest BCUT2D eigenvalue weighted by atomic mass is 10.0. The third-order valence-electron chi connectivity index (χ3n) is 6.54. The van der Waals surface area contributed by atoms with Crippen molar-refractivity contribution < 1.29 is 27.5 Å². The molecular weight excluding hydrogens is 489 g/mol. The number of halogens is 3. The van der Waals surface area contributed by atoms with Crippen molar-refractivity contribution in [3.63, 3.8) is 0 Å². The number of hydrogen-bond donors (Lipinski definition) is 0. The van der Waals surface area contributed by atoms with Crippen molar-refractivity contribution in [1.82, 2.24) is 4.90 Å². The van der Waals surface area contributed by atoms with Crippen LogP contribution in [0.25, 0.3) is 0 Å². The highest BCUT2D eigenvalue weighted by atomic mass is 32.2. The zero-order chi connectivity index (χ0) is 25.7. The first-order chi connectivity index (χ1) is 17.1. The van der Waals surface area contributed by atoms with Crippen LogP contribution in [0, 0.1) is 6.92 Å².